The van der Waals surface area contributed by atoms with E-state index in [9.17, 15) is 0 Å². The number of aryl methyl sites for hydroxylation is 1. The molecule has 0 spiro atoms. The van der Waals surface area contributed by atoms with Crippen LogP contribution in [0.4, 0.5) is 5.69 Å². The lowest BCUT2D eigenvalue weighted by molar-refractivity contribution is 0.272. The molecule has 0 N–H and O–H groups in total. The lowest BCUT2D eigenvalue weighted by atomic mass is 10.1. The topological polar surface area (TPSA) is 15.7 Å². The second kappa shape index (κ2) is 7.06. The average Bonchev–Trinajstić information content (AvgIpc) is 2.45. The maximum absolute atomic E-state index is 5.49. The van der Waals surface area contributed by atoms with E-state index < -0.39 is 0 Å². The van der Waals surface area contributed by atoms with Gasteiger partial charge in [0.1, 0.15) is 5.75 Å². The number of rotatable bonds is 5. The van der Waals surface area contributed by atoms with E-state index in [-0.39, 0.29) is 0 Å². The van der Waals surface area contributed by atoms with Crippen LogP contribution in [0.3, 0.4) is 0 Å². The van der Waals surface area contributed by atoms with E-state index in [1.165, 1.54) is 23.5 Å². The number of hydrogen-bond donors (Lipinski definition) is 0. The predicted molar refractivity (Wildman–Crippen MR) is 84.8 cm³/mol. The summed E-state index contributed by atoms with van der Waals surface area (Å²) in [7, 11) is 1.75. The molecule has 0 aromatic heterocycles. The fourth-order valence-corrected chi connectivity index (χ4v) is 2.92. The van der Waals surface area contributed by atoms with Crippen LogP contribution >= 0.6 is 11.8 Å². The smallest absolute Gasteiger partial charge is 0.142 e. The van der Waals surface area contributed by atoms with Gasteiger partial charge in [-0.3, -0.25) is 4.90 Å². The van der Waals surface area contributed by atoms with Crippen LogP contribution in [0, 0.1) is 6.92 Å². The van der Waals surface area contributed by atoms with Crippen LogP contribution in [-0.2, 0) is 0 Å². The highest BCUT2D eigenvalue weighted by atomic mass is 32.2. The number of thioether (sulfide) groups is 1. The zero-order chi connectivity index (χ0) is 13.7. The van der Waals surface area contributed by atoms with E-state index >= 15 is 0 Å². The Morgan fingerprint density at radius 3 is 2.58 bits per heavy atom. The highest BCUT2D eigenvalue weighted by Crippen LogP contribution is 2.29. The Bertz CT molecular complexity index is 403. The monoisotopic (exact) mass is 280 g/mol. The molecule has 0 amide bonds. The first-order valence-corrected chi connectivity index (χ1v) is 8.25. The van der Waals surface area contributed by atoms with Crippen molar-refractivity contribution in [2.24, 2.45) is 0 Å². The largest absolute Gasteiger partial charge is 0.495 e. The molecule has 106 valence electrons. The van der Waals surface area contributed by atoms with Gasteiger partial charge in [0.05, 0.1) is 12.8 Å². The van der Waals surface area contributed by atoms with Crippen molar-refractivity contribution in [2.75, 3.05) is 56.7 Å². The molecule has 2 rings (SSSR count). The lowest BCUT2D eigenvalue weighted by Gasteiger charge is -2.36. The molecular weight excluding hydrogens is 256 g/mol. The molecule has 1 aliphatic rings. The summed E-state index contributed by atoms with van der Waals surface area (Å²) in [5.74, 6) is 2.22. The molecule has 1 heterocycles. The van der Waals surface area contributed by atoms with Gasteiger partial charge in [0.15, 0.2) is 0 Å². The van der Waals surface area contributed by atoms with Crippen LogP contribution in [0.5, 0.6) is 5.75 Å². The molecule has 1 aromatic carbocycles. The van der Waals surface area contributed by atoms with E-state index in [1.54, 1.807) is 7.11 Å². The van der Waals surface area contributed by atoms with Crippen molar-refractivity contribution in [3.63, 3.8) is 0 Å². The first kappa shape index (κ1) is 14.5. The lowest BCUT2D eigenvalue weighted by Crippen LogP contribution is -2.47. The summed E-state index contributed by atoms with van der Waals surface area (Å²) in [6.45, 7) is 7.83. The Hall–Kier alpha value is -0.870. The Kier molecular flexibility index (Phi) is 5.40. The number of nitrogens with zero attached hydrogens (tertiary/aromatic N) is 2. The van der Waals surface area contributed by atoms with Gasteiger partial charge in [0.25, 0.3) is 0 Å². The van der Waals surface area contributed by atoms with Gasteiger partial charge in [-0.05, 0) is 30.9 Å². The summed E-state index contributed by atoms with van der Waals surface area (Å²) in [6, 6.07) is 6.41. The van der Waals surface area contributed by atoms with Gasteiger partial charge in [-0.2, -0.15) is 11.8 Å². The molecule has 0 radical (unpaired) electrons. The average molecular weight is 280 g/mol. The summed E-state index contributed by atoms with van der Waals surface area (Å²) in [5, 5.41) is 0. The zero-order valence-corrected chi connectivity index (χ0v) is 13.0. The van der Waals surface area contributed by atoms with Crippen LogP contribution in [0.1, 0.15) is 5.56 Å². The number of anilines is 1. The molecule has 3 nitrogen and oxygen atoms in total. The number of methoxy groups -OCH3 is 1. The van der Waals surface area contributed by atoms with Crippen molar-refractivity contribution in [3.8, 4) is 5.75 Å². The SMILES string of the molecule is COc1ccc(C)cc1N1CCN(CCSC)CC1. The molecule has 19 heavy (non-hydrogen) atoms. The predicted octanol–water partition coefficient (Wildman–Crippen LogP) is 2.49. The summed E-state index contributed by atoms with van der Waals surface area (Å²) < 4.78 is 5.49. The Morgan fingerprint density at radius 2 is 1.95 bits per heavy atom. The van der Waals surface area contributed by atoms with E-state index in [4.69, 9.17) is 4.74 Å². The van der Waals surface area contributed by atoms with Crippen molar-refractivity contribution < 1.29 is 4.74 Å². The third-order valence-electron chi connectivity index (χ3n) is 3.66. The second-order valence-electron chi connectivity index (χ2n) is 5.00. The van der Waals surface area contributed by atoms with Gasteiger partial charge in [0.2, 0.25) is 0 Å². The number of hydrogen-bond acceptors (Lipinski definition) is 4. The zero-order valence-electron chi connectivity index (χ0n) is 12.2. The normalized spacial score (nSPS) is 16.7. The van der Waals surface area contributed by atoms with Crippen molar-refractivity contribution in [2.45, 2.75) is 6.92 Å². The van der Waals surface area contributed by atoms with E-state index in [0.29, 0.717) is 0 Å². The van der Waals surface area contributed by atoms with Gasteiger partial charge in [-0.25, -0.2) is 0 Å². The Labute approximate surface area is 120 Å². The molecule has 4 heteroatoms. The maximum atomic E-state index is 5.49. The molecule has 0 unspecified atom stereocenters. The summed E-state index contributed by atoms with van der Waals surface area (Å²) in [4.78, 5) is 5.00. The molecule has 1 aromatic rings. The molecule has 0 atom stereocenters. The van der Waals surface area contributed by atoms with Crippen molar-refractivity contribution in [3.05, 3.63) is 23.8 Å². The highest BCUT2D eigenvalue weighted by molar-refractivity contribution is 7.98. The minimum Gasteiger partial charge on any atom is -0.495 e. The molecule has 1 aliphatic heterocycles. The van der Waals surface area contributed by atoms with Crippen LogP contribution in [0.25, 0.3) is 0 Å². The number of benzene rings is 1. The highest BCUT2D eigenvalue weighted by Gasteiger charge is 2.19. The van der Waals surface area contributed by atoms with Crippen LogP contribution in [0.15, 0.2) is 18.2 Å². The first-order chi connectivity index (χ1) is 9.24. The molecule has 0 aliphatic carbocycles. The fourth-order valence-electron chi connectivity index (χ4n) is 2.48. The van der Waals surface area contributed by atoms with Gasteiger partial charge in [0, 0.05) is 38.5 Å². The standard InChI is InChI=1S/C15H24N2OS/c1-13-4-5-15(18-2)14(12-13)17-8-6-16(7-9-17)10-11-19-3/h4-5,12H,6-11H2,1-3H3. The van der Waals surface area contributed by atoms with Gasteiger partial charge in [-0.15, -0.1) is 0 Å². The second-order valence-corrected chi connectivity index (χ2v) is 5.98. The third-order valence-corrected chi connectivity index (χ3v) is 4.25. The maximum Gasteiger partial charge on any atom is 0.142 e. The number of piperazine rings is 1. The van der Waals surface area contributed by atoms with Crippen molar-refractivity contribution in [1.82, 2.24) is 4.90 Å². The minimum absolute atomic E-state index is 0.989. The van der Waals surface area contributed by atoms with Gasteiger partial charge < -0.3 is 9.64 Å². The molecule has 0 bridgehead atoms. The minimum atomic E-state index is 0.989. The van der Waals surface area contributed by atoms with Gasteiger partial charge >= 0.3 is 0 Å². The molecule has 0 saturated carbocycles. The summed E-state index contributed by atoms with van der Waals surface area (Å²) in [6.07, 6.45) is 2.17. The van der Waals surface area contributed by atoms with E-state index in [0.717, 1.165) is 31.9 Å². The van der Waals surface area contributed by atoms with Crippen LogP contribution < -0.4 is 9.64 Å². The summed E-state index contributed by atoms with van der Waals surface area (Å²) >= 11 is 1.93. The van der Waals surface area contributed by atoms with Crippen LogP contribution in [-0.4, -0.2) is 56.7 Å². The first-order valence-electron chi connectivity index (χ1n) is 6.85. The summed E-state index contributed by atoms with van der Waals surface area (Å²) in [5.41, 5.74) is 2.53. The molecule has 1 fully saturated rings. The Morgan fingerprint density at radius 1 is 1.21 bits per heavy atom. The van der Waals surface area contributed by atoms with E-state index in [2.05, 4.69) is 41.2 Å². The van der Waals surface area contributed by atoms with Crippen molar-refractivity contribution >= 4 is 17.4 Å². The quantitative estimate of drug-likeness (QED) is 0.823. The molecular formula is C15H24N2OS. The number of ether oxygens (including phenoxy) is 1. The molecule has 1 saturated heterocycles. The fraction of sp³-hybridized carbons (Fsp3) is 0.600. The van der Waals surface area contributed by atoms with Crippen LogP contribution in [0.2, 0.25) is 0 Å². The van der Waals surface area contributed by atoms with E-state index in [1.807, 2.05) is 11.8 Å². The third kappa shape index (κ3) is 3.80. The Balaban J connectivity index is 1.99. The van der Waals surface area contributed by atoms with Gasteiger partial charge in [-0.1, -0.05) is 6.07 Å². The van der Waals surface area contributed by atoms with Crippen molar-refractivity contribution in [1.29, 1.82) is 0 Å².